The van der Waals surface area contributed by atoms with Crippen LogP contribution in [0.5, 0.6) is 11.5 Å². The van der Waals surface area contributed by atoms with Crippen LogP contribution in [0.2, 0.25) is 0 Å². The molecule has 0 amide bonds. The number of benzene rings is 4. The number of para-hydroxylation sites is 2. The van der Waals surface area contributed by atoms with Gasteiger partial charge >= 0.3 is 0 Å². The average molecular weight is 450 g/mol. The molecule has 0 fully saturated rings. The summed E-state index contributed by atoms with van der Waals surface area (Å²) in [7, 11) is 3.45. The molecular weight excluding hydrogens is 422 g/mol. The fraction of sp³-hybridized carbons (Fsp3) is 0.172. The molecule has 0 saturated carbocycles. The topological polar surface area (TPSA) is 28.2 Å². The van der Waals surface area contributed by atoms with Crippen LogP contribution in [0.3, 0.4) is 0 Å². The molecule has 0 saturated heterocycles. The number of nitrogens with zero attached hydrogens (tertiary/aromatic N) is 3. The molecule has 6 rings (SSSR count). The van der Waals surface area contributed by atoms with Crippen molar-refractivity contribution in [2.75, 3.05) is 28.9 Å². The van der Waals surface area contributed by atoms with E-state index in [0.717, 1.165) is 36.0 Å². The molecule has 0 unspecified atom stereocenters. The monoisotopic (exact) mass is 449 g/mol. The fourth-order valence-corrected chi connectivity index (χ4v) is 5.18. The van der Waals surface area contributed by atoms with E-state index in [1.807, 2.05) is 0 Å². The van der Waals surface area contributed by atoms with Crippen LogP contribution in [-0.4, -0.2) is 20.5 Å². The van der Waals surface area contributed by atoms with Crippen molar-refractivity contribution in [2.45, 2.75) is 19.4 Å². The lowest BCUT2D eigenvalue weighted by atomic mass is 9.99. The van der Waals surface area contributed by atoms with Gasteiger partial charge in [0.2, 0.25) is 0 Å². The number of anilines is 4. The van der Waals surface area contributed by atoms with Gasteiger partial charge in [-0.1, -0.05) is 36.4 Å². The third-order valence-electron chi connectivity index (χ3n) is 6.73. The lowest BCUT2D eigenvalue weighted by molar-refractivity contribution is 0.411. The molecule has 5 heteroatoms. The summed E-state index contributed by atoms with van der Waals surface area (Å²) in [5, 5.41) is 0. The second-order valence-corrected chi connectivity index (χ2v) is 8.63. The molecule has 2 bridgehead atoms. The summed E-state index contributed by atoms with van der Waals surface area (Å²) < 4.78 is 11.1. The third kappa shape index (κ3) is 3.32. The molecule has 0 spiro atoms. The normalized spacial score (nSPS) is 14.3. The molecule has 0 atom stereocenters. The Morgan fingerprint density at radius 1 is 0.618 bits per heavy atom. The van der Waals surface area contributed by atoms with Crippen LogP contribution in [-0.2, 0) is 13.1 Å². The third-order valence-corrected chi connectivity index (χ3v) is 6.73. The Labute approximate surface area is 200 Å². The van der Waals surface area contributed by atoms with E-state index in [1.54, 1.807) is 14.2 Å². The Kier molecular flexibility index (Phi) is 5.02. The Bertz CT molecular complexity index is 1210. The number of hydrogen-bond donors (Lipinski definition) is 0. The average Bonchev–Trinajstić information content (AvgIpc) is 2.90. The molecule has 34 heavy (non-hydrogen) atoms. The van der Waals surface area contributed by atoms with Crippen LogP contribution in [0, 0.1) is 0 Å². The van der Waals surface area contributed by atoms with Gasteiger partial charge in [0, 0.05) is 35.8 Å². The van der Waals surface area contributed by atoms with E-state index >= 15 is 0 Å². The first-order valence-electron chi connectivity index (χ1n) is 11.5. The second-order valence-electron chi connectivity index (χ2n) is 8.63. The summed E-state index contributed by atoms with van der Waals surface area (Å²) in [6.07, 6.45) is -0.0217. The van der Waals surface area contributed by atoms with Gasteiger partial charge < -0.3 is 24.2 Å². The lowest BCUT2D eigenvalue weighted by Crippen LogP contribution is -2.62. The molecule has 4 aromatic carbocycles. The summed E-state index contributed by atoms with van der Waals surface area (Å²) >= 11 is 0. The van der Waals surface area contributed by atoms with Gasteiger partial charge in [-0.05, 0) is 71.8 Å². The number of ether oxygens (including phenoxy) is 2. The highest BCUT2D eigenvalue weighted by Crippen LogP contribution is 2.46. The SMILES string of the molecule is COc1ccc2c(c1)CN1c3ccc(OC)cc3CN2C1N(c1ccccc1)c1ccccc1. The molecule has 0 aromatic heterocycles. The molecule has 2 aliphatic heterocycles. The van der Waals surface area contributed by atoms with E-state index in [1.165, 1.54) is 22.5 Å². The van der Waals surface area contributed by atoms with Gasteiger partial charge in [-0.3, -0.25) is 0 Å². The summed E-state index contributed by atoms with van der Waals surface area (Å²) in [6.45, 7) is 1.56. The van der Waals surface area contributed by atoms with Crippen LogP contribution < -0.4 is 24.2 Å². The number of fused-ring (bicyclic) bond motifs is 6. The first kappa shape index (κ1) is 20.5. The van der Waals surface area contributed by atoms with Gasteiger partial charge in [0.05, 0.1) is 14.2 Å². The molecule has 2 aliphatic rings. The molecule has 4 aromatic rings. The molecule has 5 nitrogen and oxygen atoms in total. The second kappa shape index (κ2) is 8.34. The zero-order valence-corrected chi connectivity index (χ0v) is 19.4. The van der Waals surface area contributed by atoms with Gasteiger partial charge in [-0.25, -0.2) is 0 Å². The Morgan fingerprint density at radius 2 is 1.06 bits per heavy atom. The van der Waals surface area contributed by atoms with Crippen molar-refractivity contribution in [3.63, 3.8) is 0 Å². The Hall–Kier alpha value is -4.12. The zero-order valence-electron chi connectivity index (χ0n) is 19.4. The molecule has 0 aliphatic carbocycles. The van der Waals surface area contributed by atoms with Crippen LogP contribution in [0.25, 0.3) is 0 Å². The number of methoxy groups -OCH3 is 2. The summed E-state index contributed by atoms with van der Waals surface area (Å²) in [6, 6.07) is 34.1. The summed E-state index contributed by atoms with van der Waals surface area (Å²) in [5.74, 6) is 1.77. The van der Waals surface area contributed by atoms with E-state index in [-0.39, 0.29) is 6.29 Å². The van der Waals surface area contributed by atoms with Gasteiger partial charge in [-0.15, -0.1) is 0 Å². The highest BCUT2D eigenvalue weighted by molar-refractivity contribution is 5.76. The van der Waals surface area contributed by atoms with Crippen molar-refractivity contribution < 1.29 is 9.47 Å². The molecule has 170 valence electrons. The largest absolute Gasteiger partial charge is 0.497 e. The minimum Gasteiger partial charge on any atom is -0.497 e. The van der Waals surface area contributed by atoms with Crippen molar-refractivity contribution in [3.8, 4) is 11.5 Å². The number of rotatable bonds is 5. The van der Waals surface area contributed by atoms with Crippen LogP contribution in [0.4, 0.5) is 22.7 Å². The standard InChI is InChI=1S/C29H27N3O2/c1-33-25-13-15-27-21(17-25)19-30-28-16-14-26(34-2)18-22(28)20-31(27)29(30)32(23-9-5-3-6-10-23)24-11-7-4-8-12-24/h3-18,29H,19-20H2,1-2H3. The van der Waals surface area contributed by atoms with Gasteiger partial charge in [0.25, 0.3) is 0 Å². The first-order valence-corrected chi connectivity index (χ1v) is 11.5. The maximum atomic E-state index is 5.55. The minimum absolute atomic E-state index is 0.0217. The van der Waals surface area contributed by atoms with E-state index in [4.69, 9.17) is 9.47 Å². The number of hydrogen-bond acceptors (Lipinski definition) is 5. The van der Waals surface area contributed by atoms with Crippen molar-refractivity contribution in [1.29, 1.82) is 0 Å². The van der Waals surface area contributed by atoms with E-state index < -0.39 is 0 Å². The van der Waals surface area contributed by atoms with Crippen LogP contribution in [0.1, 0.15) is 11.1 Å². The van der Waals surface area contributed by atoms with Crippen molar-refractivity contribution in [1.82, 2.24) is 0 Å². The van der Waals surface area contributed by atoms with Gasteiger partial charge in [0.15, 0.2) is 6.29 Å². The minimum atomic E-state index is -0.0217. The Morgan fingerprint density at radius 3 is 1.47 bits per heavy atom. The van der Waals surface area contributed by atoms with Crippen molar-refractivity contribution in [2.24, 2.45) is 0 Å². The van der Waals surface area contributed by atoms with E-state index in [0.29, 0.717) is 0 Å². The maximum Gasteiger partial charge on any atom is 0.186 e. The van der Waals surface area contributed by atoms with Gasteiger partial charge in [-0.2, -0.15) is 0 Å². The summed E-state index contributed by atoms with van der Waals surface area (Å²) in [5.41, 5.74) is 7.29. The predicted molar refractivity (Wildman–Crippen MR) is 137 cm³/mol. The van der Waals surface area contributed by atoms with Crippen molar-refractivity contribution >= 4 is 22.7 Å². The predicted octanol–water partition coefficient (Wildman–Crippen LogP) is 6.17. The lowest BCUT2D eigenvalue weighted by Gasteiger charge is -2.55. The molecule has 0 N–H and O–H groups in total. The maximum absolute atomic E-state index is 5.55. The van der Waals surface area contributed by atoms with Crippen LogP contribution >= 0.6 is 0 Å². The first-order chi connectivity index (χ1) is 16.8. The van der Waals surface area contributed by atoms with Crippen LogP contribution in [0.15, 0.2) is 97.1 Å². The Balaban J connectivity index is 1.56. The molecule has 0 radical (unpaired) electrons. The van der Waals surface area contributed by atoms with Crippen molar-refractivity contribution in [3.05, 3.63) is 108 Å². The highest BCUT2D eigenvalue weighted by atomic mass is 16.5. The summed E-state index contributed by atoms with van der Waals surface area (Å²) in [4.78, 5) is 7.40. The van der Waals surface area contributed by atoms with Gasteiger partial charge in [0.1, 0.15) is 11.5 Å². The molecular formula is C29H27N3O2. The quantitative estimate of drug-likeness (QED) is 0.364. The smallest absolute Gasteiger partial charge is 0.186 e. The van der Waals surface area contributed by atoms with E-state index in [9.17, 15) is 0 Å². The zero-order chi connectivity index (χ0) is 23.1. The highest BCUT2D eigenvalue weighted by Gasteiger charge is 2.42. The van der Waals surface area contributed by atoms with E-state index in [2.05, 4.69) is 112 Å². The molecule has 2 heterocycles. The fourth-order valence-electron chi connectivity index (χ4n) is 5.18.